The molecule has 0 spiro atoms. The van der Waals surface area contributed by atoms with E-state index in [9.17, 15) is 14.3 Å². The number of hydrogen-bond donors (Lipinski definition) is 3. The van der Waals surface area contributed by atoms with Crippen LogP contribution in [-0.2, 0) is 13.2 Å². The van der Waals surface area contributed by atoms with Crippen molar-refractivity contribution in [2.24, 2.45) is 0 Å². The van der Waals surface area contributed by atoms with Gasteiger partial charge >= 0.3 is 6.03 Å². The molecule has 3 N–H and O–H groups in total. The molecule has 0 unspecified atom stereocenters. The van der Waals surface area contributed by atoms with Gasteiger partial charge in [-0.05, 0) is 29.3 Å². The number of rotatable bonds is 4. The second kappa shape index (κ2) is 7.06. The highest BCUT2D eigenvalue weighted by molar-refractivity contribution is 6.33. The van der Waals surface area contributed by atoms with E-state index in [1.54, 1.807) is 6.07 Å². The first-order chi connectivity index (χ1) is 10.1. The molecule has 0 saturated carbocycles. The lowest BCUT2D eigenvalue weighted by Crippen LogP contribution is -2.28. The van der Waals surface area contributed by atoms with Gasteiger partial charge in [0.1, 0.15) is 5.82 Å². The van der Waals surface area contributed by atoms with Crippen molar-refractivity contribution in [3.05, 3.63) is 64.4 Å². The lowest BCUT2D eigenvalue weighted by molar-refractivity contribution is 0.251. The van der Waals surface area contributed by atoms with Crippen molar-refractivity contribution >= 4 is 23.3 Å². The Balaban J connectivity index is 1.96. The average Bonchev–Trinajstić information content (AvgIpc) is 2.48. The Labute approximate surface area is 126 Å². The van der Waals surface area contributed by atoms with Crippen molar-refractivity contribution in [2.45, 2.75) is 13.2 Å². The normalized spacial score (nSPS) is 10.2. The maximum Gasteiger partial charge on any atom is 0.319 e. The first kappa shape index (κ1) is 15.3. The van der Waals surface area contributed by atoms with Gasteiger partial charge in [-0.1, -0.05) is 35.9 Å². The highest BCUT2D eigenvalue weighted by Gasteiger charge is 2.07. The van der Waals surface area contributed by atoms with Gasteiger partial charge in [0.2, 0.25) is 0 Å². The summed E-state index contributed by atoms with van der Waals surface area (Å²) >= 11 is 5.82. The lowest BCUT2D eigenvalue weighted by atomic mass is 10.1. The zero-order valence-corrected chi connectivity index (χ0v) is 11.8. The number of carbonyl (C=O) groups is 1. The molecule has 110 valence electrons. The molecular formula is C15H14ClFN2O2. The second-order valence-corrected chi connectivity index (χ2v) is 4.77. The monoisotopic (exact) mass is 308 g/mol. The minimum Gasteiger partial charge on any atom is -0.392 e. The van der Waals surface area contributed by atoms with Crippen LogP contribution < -0.4 is 10.6 Å². The molecule has 2 amide bonds. The number of urea groups is 1. The highest BCUT2D eigenvalue weighted by atomic mass is 35.5. The van der Waals surface area contributed by atoms with Gasteiger partial charge in [-0.15, -0.1) is 0 Å². The first-order valence-corrected chi connectivity index (χ1v) is 6.65. The number of nitrogens with one attached hydrogen (secondary N) is 2. The van der Waals surface area contributed by atoms with Crippen molar-refractivity contribution in [3.8, 4) is 0 Å². The summed E-state index contributed by atoms with van der Waals surface area (Å²) < 4.78 is 12.9. The predicted octanol–water partition coefficient (Wildman–Crippen LogP) is 3.29. The number of benzene rings is 2. The number of amides is 2. The standard InChI is InChI=1S/C15H14ClFN2O2/c16-13-7-12(17)5-6-14(13)19-15(21)18-8-10-3-1-2-4-11(10)9-20/h1-7,20H,8-9H2,(H2,18,19,21). The quantitative estimate of drug-likeness (QED) is 0.811. The van der Waals surface area contributed by atoms with Gasteiger partial charge in [0.25, 0.3) is 0 Å². The molecule has 4 nitrogen and oxygen atoms in total. The first-order valence-electron chi connectivity index (χ1n) is 6.27. The van der Waals surface area contributed by atoms with Crippen LogP contribution in [0.1, 0.15) is 11.1 Å². The van der Waals surface area contributed by atoms with Gasteiger partial charge in [-0.25, -0.2) is 9.18 Å². The van der Waals surface area contributed by atoms with Crippen LogP contribution in [0.2, 0.25) is 5.02 Å². The third kappa shape index (κ3) is 4.18. The molecule has 2 aromatic rings. The Hall–Kier alpha value is -2.11. The van der Waals surface area contributed by atoms with Gasteiger partial charge < -0.3 is 15.7 Å². The number of aliphatic hydroxyl groups excluding tert-OH is 1. The molecule has 0 atom stereocenters. The van der Waals surface area contributed by atoms with Crippen LogP contribution in [0.4, 0.5) is 14.9 Å². The zero-order chi connectivity index (χ0) is 15.2. The Morgan fingerprint density at radius 3 is 2.57 bits per heavy atom. The van der Waals surface area contributed by atoms with Crippen molar-refractivity contribution in [3.63, 3.8) is 0 Å². The van der Waals surface area contributed by atoms with E-state index in [-0.39, 0.29) is 18.2 Å². The molecule has 0 saturated heterocycles. The summed E-state index contributed by atoms with van der Waals surface area (Å²) in [6.45, 7) is 0.171. The average molecular weight is 309 g/mol. The van der Waals surface area contributed by atoms with Crippen LogP contribution in [0.15, 0.2) is 42.5 Å². The number of hydrogen-bond acceptors (Lipinski definition) is 2. The van der Waals surface area contributed by atoms with Gasteiger partial charge in [0, 0.05) is 6.54 Å². The van der Waals surface area contributed by atoms with E-state index in [1.165, 1.54) is 12.1 Å². The zero-order valence-electron chi connectivity index (χ0n) is 11.1. The smallest absolute Gasteiger partial charge is 0.319 e. The molecule has 0 aromatic heterocycles. The largest absolute Gasteiger partial charge is 0.392 e. The van der Waals surface area contributed by atoms with Crippen LogP contribution >= 0.6 is 11.6 Å². The highest BCUT2D eigenvalue weighted by Crippen LogP contribution is 2.22. The maximum atomic E-state index is 12.9. The Morgan fingerprint density at radius 1 is 1.19 bits per heavy atom. The van der Waals surface area contributed by atoms with Gasteiger partial charge in [-0.3, -0.25) is 0 Å². The van der Waals surface area contributed by atoms with Gasteiger partial charge in [-0.2, -0.15) is 0 Å². The summed E-state index contributed by atoms with van der Waals surface area (Å²) in [5.41, 5.74) is 1.89. The fourth-order valence-electron chi connectivity index (χ4n) is 1.82. The molecule has 0 bridgehead atoms. The Bertz CT molecular complexity index is 649. The third-order valence-electron chi connectivity index (χ3n) is 2.91. The minimum atomic E-state index is -0.470. The molecule has 0 heterocycles. The van der Waals surface area contributed by atoms with E-state index in [0.717, 1.165) is 17.2 Å². The topological polar surface area (TPSA) is 61.4 Å². The van der Waals surface area contributed by atoms with Crippen LogP contribution in [0.25, 0.3) is 0 Å². The number of anilines is 1. The number of aliphatic hydroxyl groups is 1. The van der Waals surface area contributed by atoms with Crippen molar-refractivity contribution in [1.29, 1.82) is 0 Å². The fourth-order valence-corrected chi connectivity index (χ4v) is 2.03. The summed E-state index contributed by atoms with van der Waals surface area (Å²) in [5, 5.41) is 14.5. The molecule has 21 heavy (non-hydrogen) atoms. The van der Waals surface area contributed by atoms with Crippen LogP contribution in [0, 0.1) is 5.82 Å². The van der Waals surface area contributed by atoms with Gasteiger partial charge in [0.15, 0.2) is 0 Å². The molecular weight excluding hydrogens is 295 g/mol. The van der Waals surface area contributed by atoms with E-state index in [4.69, 9.17) is 11.6 Å². The molecule has 0 aliphatic heterocycles. The van der Waals surface area contributed by atoms with E-state index in [1.807, 2.05) is 18.2 Å². The molecule has 2 aromatic carbocycles. The Kier molecular flexibility index (Phi) is 5.14. The van der Waals surface area contributed by atoms with Gasteiger partial charge in [0.05, 0.1) is 17.3 Å². The predicted molar refractivity (Wildman–Crippen MR) is 79.6 cm³/mol. The molecule has 0 radical (unpaired) electrons. The molecule has 0 fully saturated rings. The van der Waals surface area contributed by atoms with Crippen LogP contribution in [-0.4, -0.2) is 11.1 Å². The van der Waals surface area contributed by atoms with Crippen LogP contribution in [0.3, 0.4) is 0 Å². The van der Waals surface area contributed by atoms with Crippen LogP contribution in [0.5, 0.6) is 0 Å². The number of halogens is 2. The molecule has 2 rings (SSSR count). The van der Waals surface area contributed by atoms with E-state index < -0.39 is 11.8 Å². The second-order valence-electron chi connectivity index (χ2n) is 4.36. The lowest BCUT2D eigenvalue weighted by Gasteiger charge is -2.11. The summed E-state index contributed by atoms with van der Waals surface area (Å²) in [7, 11) is 0. The summed E-state index contributed by atoms with van der Waals surface area (Å²) in [6.07, 6.45) is 0. The van der Waals surface area contributed by atoms with E-state index >= 15 is 0 Å². The summed E-state index contributed by atoms with van der Waals surface area (Å²) in [5.74, 6) is -0.470. The summed E-state index contributed by atoms with van der Waals surface area (Å²) in [6, 6.07) is 10.5. The van der Waals surface area contributed by atoms with Crippen molar-refractivity contribution in [2.75, 3.05) is 5.32 Å². The van der Waals surface area contributed by atoms with Crippen molar-refractivity contribution in [1.82, 2.24) is 5.32 Å². The Morgan fingerprint density at radius 2 is 1.90 bits per heavy atom. The third-order valence-corrected chi connectivity index (χ3v) is 3.22. The SMILES string of the molecule is O=C(NCc1ccccc1CO)Nc1ccc(F)cc1Cl. The molecule has 0 aliphatic carbocycles. The maximum absolute atomic E-state index is 12.9. The molecule has 0 aliphatic rings. The molecule has 6 heteroatoms. The fraction of sp³-hybridized carbons (Fsp3) is 0.133. The number of carbonyl (C=O) groups excluding carboxylic acids is 1. The van der Waals surface area contributed by atoms with E-state index in [0.29, 0.717) is 5.69 Å². The van der Waals surface area contributed by atoms with E-state index in [2.05, 4.69) is 10.6 Å². The summed E-state index contributed by atoms with van der Waals surface area (Å²) in [4.78, 5) is 11.8. The minimum absolute atomic E-state index is 0.0940. The van der Waals surface area contributed by atoms with Crippen molar-refractivity contribution < 1.29 is 14.3 Å².